The molecular weight excluding hydrogens is 322 g/mol. The minimum atomic E-state index is -0.665. The Kier molecular flexibility index (Phi) is 4.67. The molecule has 0 spiro atoms. The van der Waals surface area contributed by atoms with Gasteiger partial charge in [-0.1, -0.05) is 18.2 Å². The molecule has 0 aliphatic heterocycles. The second kappa shape index (κ2) is 6.90. The van der Waals surface area contributed by atoms with E-state index in [0.717, 1.165) is 11.3 Å². The van der Waals surface area contributed by atoms with Crippen LogP contribution >= 0.6 is 0 Å². The van der Waals surface area contributed by atoms with Gasteiger partial charge in [0.25, 0.3) is 5.89 Å². The summed E-state index contributed by atoms with van der Waals surface area (Å²) in [5, 5.41) is 17.6. The van der Waals surface area contributed by atoms with Crippen LogP contribution in [0, 0.1) is 13.8 Å². The van der Waals surface area contributed by atoms with Crippen molar-refractivity contribution in [3.05, 3.63) is 58.7 Å². The standard InChI is InChI=1S/C18H19N3O4/c1-10-15(12(3)22)11(2)19-16(10)18(23)24-9-14-20-21-17(25-14)13-7-5-4-6-8-13/h4-8,12,19,22H,9H2,1-3H3/t12-/m0/s1. The van der Waals surface area contributed by atoms with Crippen molar-refractivity contribution in [2.24, 2.45) is 0 Å². The maximum Gasteiger partial charge on any atom is 0.355 e. The van der Waals surface area contributed by atoms with E-state index in [9.17, 15) is 9.90 Å². The molecule has 3 rings (SSSR count). The van der Waals surface area contributed by atoms with Crippen LogP contribution in [0.4, 0.5) is 0 Å². The largest absolute Gasteiger partial charge is 0.451 e. The summed E-state index contributed by atoms with van der Waals surface area (Å²) in [5.74, 6) is 0.0470. The number of esters is 1. The summed E-state index contributed by atoms with van der Waals surface area (Å²) in [6.45, 7) is 5.10. The van der Waals surface area contributed by atoms with E-state index in [1.807, 2.05) is 30.3 Å². The van der Waals surface area contributed by atoms with Crippen LogP contribution in [-0.4, -0.2) is 26.3 Å². The van der Waals surface area contributed by atoms with Gasteiger partial charge in [0.05, 0.1) is 6.10 Å². The predicted molar refractivity (Wildman–Crippen MR) is 89.8 cm³/mol. The van der Waals surface area contributed by atoms with Crippen molar-refractivity contribution >= 4 is 5.97 Å². The van der Waals surface area contributed by atoms with Gasteiger partial charge >= 0.3 is 5.97 Å². The molecule has 0 amide bonds. The maximum atomic E-state index is 12.3. The van der Waals surface area contributed by atoms with E-state index < -0.39 is 12.1 Å². The number of aryl methyl sites for hydroxylation is 1. The first kappa shape index (κ1) is 16.9. The summed E-state index contributed by atoms with van der Waals surface area (Å²) < 4.78 is 10.7. The normalized spacial score (nSPS) is 12.2. The molecule has 2 heterocycles. The average Bonchev–Trinajstić information content (AvgIpc) is 3.18. The highest BCUT2D eigenvalue weighted by atomic mass is 16.5. The van der Waals surface area contributed by atoms with E-state index in [1.54, 1.807) is 20.8 Å². The number of H-pyrrole nitrogens is 1. The molecule has 1 aromatic carbocycles. The Morgan fingerprint density at radius 2 is 2.00 bits per heavy atom. The monoisotopic (exact) mass is 341 g/mol. The van der Waals surface area contributed by atoms with E-state index in [1.165, 1.54) is 0 Å². The summed E-state index contributed by atoms with van der Waals surface area (Å²) in [7, 11) is 0. The van der Waals surface area contributed by atoms with Crippen LogP contribution in [0.2, 0.25) is 0 Å². The number of nitrogens with one attached hydrogen (secondary N) is 1. The molecule has 0 bridgehead atoms. The number of ether oxygens (including phenoxy) is 1. The van der Waals surface area contributed by atoms with Gasteiger partial charge in [-0.25, -0.2) is 4.79 Å². The third kappa shape index (κ3) is 3.46. The fraction of sp³-hybridized carbons (Fsp3) is 0.278. The van der Waals surface area contributed by atoms with Gasteiger partial charge in [-0.3, -0.25) is 0 Å². The lowest BCUT2D eigenvalue weighted by Crippen LogP contribution is -2.08. The molecular formula is C18H19N3O4. The van der Waals surface area contributed by atoms with Crippen molar-refractivity contribution in [2.45, 2.75) is 33.5 Å². The lowest BCUT2D eigenvalue weighted by Gasteiger charge is -2.05. The minimum Gasteiger partial charge on any atom is -0.451 e. The fourth-order valence-electron chi connectivity index (χ4n) is 2.80. The van der Waals surface area contributed by atoms with Crippen LogP contribution in [-0.2, 0) is 11.3 Å². The van der Waals surface area contributed by atoms with Crippen LogP contribution < -0.4 is 0 Å². The Morgan fingerprint density at radius 3 is 2.64 bits per heavy atom. The first-order valence-corrected chi connectivity index (χ1v) is 7.89. The molecule has 0 fully saturated rings. The van der Waals surface area contributed by atoms with Crippen LogP contribution in [0.3, 0.4) is 0 Å². The van der Waals surface area contributed by atoms with Gasteiger partial charge in [-0.2, -0.15) is 0 Å². The van der Waals surface area contributed by atoms with Gasteiger partial charge in [0.1, 0.15) is 5.69 Å². The summed E-state index contributed by atoms with van der Waals surface area (Å²) in [4.78, 5) is 15.2. The molecule has 1 atom stereocenters. The smallest absolute Gasteiger partial charge is 0.355 e. The average molecular weight is 341 g/mol. The molecule has 7 nitrogen and oxygen atoms in total. The Labute approximate surface area is 144 Å². The van der Waals surface area contributed by atoms with Crippen molar-refractivity contribution in [3.8, 4) is 11.5 Å². The van der Waals surface area contributed by atoms with Gasteiger partial charge in [0.15, 0.2) is 6.61 Å². The fourth-order valence-corrected chi connectivity index (χ4v) is 2.80. The molecule has 25 heavy (non-hydrogen) atoms. The molecule has 7 heteroatoms. The van der Waals surface area contributed by atoms with E-state index in [4.69, 9.17) is 9.15 Å². The number of aromatic amines is 1. The molecule has 2 N–H and O–H groups in total. The zero-order valence-corrected chi connectivity index (χ0v) is 14.2. The number of carbonyl (C=O) groups excluding carboxylic acids is 1. The van der Waals surface area contributed by atoms with Crippen LogP contribution in [0.5, 0.6) is 0 Å². The van der Waals surface area contributed by atoms with Crippen molar-refractivity contribution in [1.82, 2.24) is 15.2 Å². The lowest BCUT2D eigenvalue weighted by atomic mass is 10.1. The number of aliphatic hydroxyl groups excluding tert-OH is 1. The quantitative estimate of drug-likeness (QED) is 0.692. The van der Waals surface area contributed by atoms with E-state index in [-0.39, 0.29) is 12.5 Å². The lowest BCUT2D eigenvalue weighted by molar-refractivity contribution is 0.0431. The van der Waals surface area contributed by atoms with Gasteiger partial charge in [0, 0.05) is 16.8 Å². The number of hydrogen-bond acceptors (Lipinski definition) is 6. The minimum absolute atomic E-state index is 0.125. The molecule has 0 aliphatic carbocycles. The molecule has 2 aromatic heterocycles. The van der Waals surface area contributed by atoms with Crippen LogP contribution in [0.25, 0.3) is 11.5 Å². The Hall–Kier alpha value is -2.93. The highest BCUT2D eigenvalue weighted by Gasteiger charge is 2.21. The zero-order valence-electron chi connectivity index (χ0n) is 14.2. The number of aromatic nitrogens is 3. The Bertz CT molecular complexity index is 881. The summed E-state index contributed by atoms with van der Waals surface area (Å²) in [6.07, 6.45) is -0.665. The summed E-state index contributed by atoms with van der Waals surface area (Å²) in [6, 6.07) is 9.34. The third-order valence-electron chi connectivity index (χ3n) is 3.93. The SMILES string of the molecule is Cc1[nH]c(C(=O)OCc2nnc(-c3ccccc3)o2)c(C)c1[C@H](C)O. The second-order valence-electron chi connectivity index (χ2n) is 5.78. The predicted octanol–water partition coefficient (Wildman–Crippen LogP) is 3.09. The van der Waals surface area contributed by atoms with E-state index in [2.05, 4.69) is 15.2 Å². The highest BCUT2D eigenvalue weighted by Crippen LogP contribution is 2.25. The number of benzene rings is 1. The Morgan fingerprint density at radius 1 is 1.28 bits per heavy atom. The number of aliphatic hydroxyl groups is 1. The summed E-state index contributed by atoms with van der Waals surface area (Å²) in [5.41, 5.74) is 3.23. The number of nitrogens with zero attached hydrogens (tertiary/aromatic N) is 2. The first-order chi connectivity index (χ1) is 12.0. The molecule has 0 aliphatic rings. The van der Waals surface area contributed by atoms with Gasteiger partial charge in [-0.05, 0) is 38.5 Å². The van der Waals surface area contributed by atoms with Crippen molar-refractivity contribution in [1.29, 1.82) is 0 Å². The van der Waals surface area contributed by atoms with Crippen molar-refractivity contribution in [2.75, 3.05) is 0 Å². The zero-order chi connectivity index (χ0) is 18.0. The van der Waals surface area contributed by atoms with Crippen molar-refractivity contribution in [3.63, 3.8) is 0 Å². The number of carbonyl (C=O) groups is 1. The molecule has 3 aromatic rings. The van der Waals surface area contributed by atoms with Gasteiger partial charge < -0.3 is 19.2 Å². The number of rotatable bonds is 5. The highest BCUT2D eigenvalue weighted by molar-refractivity contribution is 5.89. The molecule has 130 valence electrons. The molecule has 0 radical (unpaired) electrons. The molecule has 0 saturated heterocycles. The number of hydrogen-bond donors (Lipinski definition) is 2. The third-order valence-corrected chi connectivity index (χ3v) is 3.93. The van der Waals surface area contributed by atoms with Gasteiger partial charge in [-0.15, -0.1) is 10.2 Å². The summed E-state index contributed by atoms with van der Waals surface area (Å²) >= 11 is 0. The second-order valence-corrected chi connectivity index (χ2v) is 5.78. The van der Waals surface area contributed by atoms with E-state index in [0.29, 0.717) is 22.7 Å². The maximum absolute atomic E-state index is 12.3. The van der Waals surface area contributed by atoms with E-state index >= 15 is 0 Å². The molecule has 0 saturated carbocycles. The Balaban J connectivity index is 1.69. The van der Waals surface area contributed by atoms with Crippen LogP contribution in [0.15, 0.2) is 34.7 Å². The topological polar surface area (TPSA) is 101 Å². The molecule has 0 unspecified atom stereocenters. The first-order valence-electron chi connectivity index (χ1n) is 7.89. The van der Waals surface area contributed by atoms with Gasteiger partial charge in [0.2, 0.25) is 5.89 Å². The van der Waals surface area contributed by atoms with Crippen LogP contribution in [0.1, 0.15) is 46.2 Å². The van der Waals surface area contributed by atoms with Crippen molar-refractivity contribution < 1.29 is 19.1 Å².